The molecule has 0 saturated carbocycles. The molecule has 0 aliphatic rings. The molecule has 0 amide bonds. The van der Waals surface area contributed by atoms with Gasteiger partial charge in [-0.25, -0.2) is 0 Å². The van der Waals surface area contributed by atoms with Gasteiger partial charge in [-0.15, -0.1) is 0 Å². The van der Waals surface area contributed by atoms with Crippen LogP contribution >= 0.6 is 0 Å². The molecule has 1 aromatic heterocycles. The largest absolute Gasteiger partial charge is 0.480 e. The third-order valence-corrected chi connectivity index (χ3v) is 2.29. The number of benzene rings is 1. The topological polar surface area (TPSA) is 55.1 Å². The Morgan fingerprint density at radius 1 is 1.26 bits per heavy atom. The fraction of sp³-hybridized carbons (Fsp3) is 0.333. The molecule has 1 heterocycles. The smallest absolute Gasteiger partial charge is 0.325 e. The summed E-state index contributed by atoms with van der Waals surface area (Å²) in [6.45, 7) is 6.07. The molecule has 1 N–H and O–H groups in total. The quantitative estimate of drug-likeness (QED) is 0.920. The van der Waals surface area contributed by atoms with Crippen LogP contribution in [-0.2, 0) is 11.3 Å². The molecule has 19 heavy (non-hydrogen) atoms. The first-order valence-corrected chi connectivity index (χ1v) is 6.39. The van der Waals surface area contributed by atoms with Crippen molar-refractivity contribution in [3.63, 3.8) is 0 Å². The van der Waals surface area contributed by atoms with Gasteiger partial charge in [-0.05, 0) is 12.5 Å². The number of carbonyl (C=O) groups is 1. The van der Waals surface area contributed by atoms with Crippen LogP contribution in [0.2, 0.25) is 0 Å². The Hall–Kier alpha value is -2.10. The van der Waals surface area contributed by atoms with Crippen molar-refractivity contribution in [2.45, 2.75) is 33.7 Å². The fourth-order valence-electron chi connectivity index (χ4n) is 1.62. The van der Waals surface area contributed by atoms with E-state index in [2.05, 4.69) is 18.9 Å². The highest BCUT2D eigenvalue weighted by Crippen LogP contribution is 2.20. The zero-order chi connectivity index (χ0) is 14.3. The highest BCUT2D eigenvalue weighted by Gasteiger charge is 2.08. The van der Waals surface area contributed by atoms with Gasteiger partial charge in [0.05, 0.1) is 5.69 Å². The molecule has 0 radical (unpaired) electrons. The first-order valence-electron chi connectivity index (χ1n) is 6.39. The molecule has 2 rings (SSSR count). The van der Waals surface area contributed by atoms with Crippen molar-refractivity contribution in [1.29, 1.82) is 0 Å². The average Bonchev–Trinajstić information content (AvgIpc) is 2.71. The molecule has 0 saturated heterocycles. The molecule has 0 aliphatic carbocycles. The lowest BCUT2D eigenvalue weighted by atomic mass is 10.1. The van der Waals surface area contributed by atoms with Gasteiger partial charge in [0.25, 0.3) is 0 Å². The molecule has 0 aliphatic heterocycles. The van der Waals surface area contributed by atoms with Crippen LogP contribution in [0, 0.1) is 6.92 Å². The second-order valence-electron chi connectivity index (χ2n) is 4.33. The Balaban J connectivity index is 0.000000550. The van der Waals surface area contributed by atoms with Crippen LogP contribution in [0.3, 0.4) is 0 Å². The minimum Gasteiger partial charge on any atom is -0.480 e. The minimum atomic E-state index is -0.887. The Morgan fingerprint density at radius 3 is 2.37 bits per heavy atom. The molecule has 0 bridgehead atoms. The number of hydrogen-bond acceptors (Lipinski definition) is 2. The van der Waals surface area contributed by atoms with Crippen LogP contribution in [0.1, 0.15) is 25.8 Å². The van der Waals surface area contributed by atoms with Crippen molar-refractivity contribution < 1.29 is 9.90 Å². The molecule has 0 spiro atoms. The van der Waals surface area contributed by atoms with Crippen LogP contribution in [0.25, 0.3) is 11.3 Å². The van der Waals surface area contributed by atoms with E-state index in [9.17, 15) is 4.79 Å². The van der Waals surface area contributed by atoms with Gasteiger partial charge < -0.3 is 5.11 Å². The monoisotopic (exact) mass is 260 g/mol. The molecule has 102 valence electrons. The third-order valence-electron chi connectivity index (χ3n) is 2.29. The number of aromatic nitrogens is 2. The average molecular weight is 260 g/mol. The summed E-state index contributed by atoms with van der Waals surface area (Å²) in [5.74, 6) is -0.887. The van der Waals surface area contributed by atoms with Gasteiger partial charge in [-0.3, -0.25) is 9.48 Å². The van der Waals surface area contributed by atoms with Crippen molar-refractivity contribution in [2.75, 3.05) is 0 Å². The summed E-state index contributed by atoms with van der Waals surface area (Å²) >= 11 is 0. The van der Waals surface area contributed by atoms with Gasteiger partial charge in [0.2, 0.25) is 0 Å². The van der Waals surface area contributed by atoms with Crippen LogP contribution in [0.15, 0.2) is 36.5 Å². The number of aliphatic carboxylic acids is 1. The Morgan fingerprint density at radius 2 is 1.84 bits per heavy atom. The molecular formula is C15H20N2O2. The van der Waals surface area contributed by atoms with Crippen molar-refractivity contribution in [3.8, 4) is 11.3 Å². The van der Waals surface area contributed by atoms with E-state index in [4.69, 9.17) is 5.11 Å². The first-order chi connectivity index (χ1) is 9.08. The maximum atomic E-state index is 10.6. The summed E-state index contributed by atoms with van der Waals surface area (Å²) in [6, 6.07) is 9.73. The van der Waals surface area contributed by atoms with Crippen LogP contribution in [0.4, 0.5) is 0 Å². The zero-order valence-electron chi connectivity index (χ0n) is 11.6. The predicted molar refractivity (Wildman–Crippen MR) is 76.0 cm³/mol. The molecule has 2 aromatic rings. The maximum Gasteiger partial charge on any atom is 0.325 e. The molecule has 4 heteroatoms. The SMILES string of the molecule is CCC.Cc1cn(CC(=O)O)nc1-c1ccccc1. The van der Waals surface area contributed by atoms with Crippen LogP contribution in [-0.4, -0.2) is 20.9 Å². The van der Waals surface area contributed by atoms with E-state index < -0.39 is 5.97 Å². The summed E-state index contributed by atoms with van der Waals surface area (Å²) < 4.78 is 1.44. The predicted octanol–water partition coefficient (Wildman–Crippen LogP) is 3.36. The van der Waals surface area contributed by atoms with Crippen molar-refractivity contribution in [1.82, 2.24) is 9.78 Å². The summed E-state index contributed by atoms with van der Waals surface area (Å²) in [5, 5.41) is 12.9. The molecule has 0 unspecified atom stereocenters. The minimum absolute atomic E-state index is 0.103. The summed E-state index contributed by atoms with van der Waals surface area (Å²) in [6.07, 6.45) is 3.00. The van der Waals surface area contributed by atoms with Gasteiger partial charge >= 0.3 is 5.97 Å². The second-order valence-corrected chi connectivity index (χ2v) is 4.33. The molecular weight excluding hydrogens is 240 g/mol. The number of hydrogen-bond donors (Lipinski definition) is 1. The molecule has 4 nitrogen and oxygen atoms in total. The highest BCUT2D eigenvalue weighted by atomic mass is 16.4. The highest BCUT2D eigenvalue weighted by molar-refractivity contribution is 5.67. The second kappa shape index (κ2) is 7.36. The van der Waals surface area contributed by atoms with Crippen molar-refractivity contribution in [2.24, 2.45) is 0 Å². The van der Waals surface area contributed by atoms with E-state index in [1.54, 1.807) is 6.20 Å². The number of aryl methyl sites for hydroxylation is 1. The lowest BCUT2D eigenvalue weighted by molar-refractivity contribution is -0.137. The van der Waals surface area contributed by atoms with E-state index in [0.717, 1.165) is 16.8 Å². The lowest BCUT2D eigenvalue weighted by Gasteiger charge is -1.97. The van der Waals surface area contributed by atoms with Gasteiger partial charge in [0.1, 0.15) is 6.54 Å². The summed E-state index contributed by atoms with van der Waals surface area (Å²) in [4.78, 5) is 10.6. The third kappa shape index (κ3) is 4.58. The summed E-state index contributed by atoms with van der Waals surface area (Å²) in [5.41, 5.74) is 2.82. The Labute approximate surface area is 113 Å². The van der Waals surface area contributed by atoms with E-state index in [1.807, 2.05) is 37.3 Å². The van der Waals surface area contributed by atoms with Gasteiger partial charge in [0.15, 0.2) is 0 Å². The maximum absolute atomic E-state index is 10.6. The Kier molecular flexibility index (Phi) is 5.79. The molecule has 1 aromatic carbocycles. The van der Waals surface area contributed by atoms with E-state index in [1.165, 1.54) is 11.1 Å². The number of nitrogens with zero attached hydrogens (tertiary/aromatic N) is 2. The van der Waals surface area contributed by atoms with E-state index in [-0.39, 0.29) is 6.54 Å². The van der Waals surface area contributed by atoms with Crippen LogP contribution in [0.5, 0.6) is 0 Å². The fourth-order valence-corrected chi connectivity index (χ4v) is 1.62. The molecule has 0 atom stereocenters. The summed E-state index contributed by atoms with van der Waals surface area (Å²) in [7, 11) is 0. The number of rotatable bonds is 3. The molecule has 0 fully saturated rings. The number of carboxylic acid groups (broad SMARTS) is 1. The lowest BCUT2D eigenvalue weighted by Crippen LogP contribution is -2.08. The number of carboxylic acids is 1. The van der Waals surface area contributed by atoms with Gasteiger partial charge in [-0.2, -0.15) is 5.10 Å². The van der Waals surface area contributed by atoms with E-state index in [0.29, 0.717) is 0 Å². The Bertz CT molecular complexity index is 518. The van der Waals surface area contributed by atoms with Gasteiger partial charge in [0, 0.05) is 11.8 Å². The standard InChI is InChI=1S/C12H12N2O2.C3H8/c1-9-7-14(8-11(15)16)13-12(9)10-5-3-2-4-6-10;1-3-2/h2-7H,8H2,1H3,(H,15,16);3H2,1-2H3. The zero-order valence-corrected chi connectivity index (χ0v) is 11.6. The normalized spacial score (nSPS) is 9.63. The van der Waals surface area contributed by atoms with Crippen molar-refractivity contribution in [3.05, 3.63) is 42.1 Å². The van der Waals surface area contributed by atoms with E-state index >= 15 is 0 Å². The first kappa shape index (κ1) is 15.0. The van der Waals surface area contributed by atoms with Gasteiger partial charge in [-0.1, -0.05) is 50.6 Å². The van der Waals surface area contributed by atoms with Crippen LogP contribution < -0.4 is 0 Å². The van der Waals surface area contributed by atoms with Crippen molar-refractivity contribution >= 4 is 5.97 Å².